The molecule has 0 heterocycles. The molecule has 1 N–H and O–H groups in total. The fourth-order valence-corrected chi connectivity index (χ4v) is 5.94. The van der Waals surface area contributed by atoms with Gasteiger partial charge in [-0.1, -0.05) is 80.0 Å². The van der Waals surface area contributed by atoms with E-state index in [9.17, 15) is 18.0 Å². The Morgan fingerprint density at radius 3 is 2.13 bits per heavy atom. The minimum atomic E-state index is -4.10. The Bertz CT molecular complexity index is 1380. The molecule has 0 unspecified atom stereocenters. The van der Waals surface area contributed by atoms with Crippen molar-refractivity contribution in [1.82, 2.24) is 10.2 Å². The molecule has 0 aliphatic heterocycles. The number of para-hydroxylation sites is 1. The van der Waals surface area contributed by atoms with Crippen molar-refractivity contribution < 1.29 is 18.0 Å². The number of halogens is 1. The van der Waals surface area contributed by atoms with Crippen LogP contribution in [0.4, 0.5) is 5.69 Å². The number of aryl methyl sites for hydroxylation is 1. The highest BCUT2D eigenvalue weighted by Crippen LogP contribution is 2.28. The predicted molar refractivity (Wildman–Crippen MR) is 156 cm³/mol. The van der Waals surface area contributed by atoms with Gasteiger partial charge in [0.25, 0.3) is 10.0 Å². The number of nitrogens with one attached hydrogen (secondary N) is 1. The van der Waals surface area contributed by atoms with E-state index in [1.165, 1.54) is 17.0 Å². The van der Waals surface area contributed by atoms with Crippen molar-refractivity contribution in [3.05, 3.63) is 95.0 Å². The highest BCUT2D eigenvalue weighted by Gasteiger charge is 2.34. The van der Waals surface area contributed by atoms with Crippen LogP contribution in [0.2, 0.25) is 5.02 Å². The topological polar surface area (TPSA) is 86.8 Å². The average molecular weight is 570 g/mol. The van der Waals surface area contributed by atoms with Gasteiger partial charge in [-0.15, -0.1) is 0 Å². The smallest absolute Gasteiger partial charge is 0.264 e. The molecule has 3 rings (SSSR count). The molecule has 3 aromatic rings. The maximum absolute atomic E-state index is 14.1. The van der Waals surface area contributed by atoms with E-state index in [2.05, 4.69) is 5.32 Å². The number of amides is 2. The van der Waals surface area contributed by atoms with Gasteiger partial charge in [-0.25, -0.2) is 8.42 Å². The van der Waals surface area contributed by atoms with Crippen molar-refractivity contribution in [1.29, 1.82) is 0 Å². The first-order valence-electron chi connectivity index (χ1n) is 13.1. The summed E-state index contributed by atoms with van der Waals surface area (Å²) in [6.45, 7) is 7.05. The Morgan fingerprint density at radius 1 is 0.897 bits per heavy atom. The van der Waals surface area contributed by atoms with E-state index < -0.39 is 28.5 Å². The van der Waals surface area contributed by atoms with Crippen molar-refractivity contribution in [3.8, 4) is 0 Å². The summed E-state index contributed by atoms with van der Waals surface area (Å²) in [5.41, 5.74) is 1.75. The standard InChI is InChI=1S/C30H36ClN3O4S/c1-5-23(4)32-30(36)27(6-2)33(20-24-15-11-12-18-26(24)31)29(35)21-34(28-19-13-10-14-22(28)3)39(37,38)25-16-8-7-9-17-25/h7-19,23,27H,5-6,20-21H2,1-4H3,(H,32,36)/t23-,27+/m1/s1. The van der Waals surface area contributed by atoms with Crippen LogP contribution in [0.15, 0.2) is 83.8 Å². The number of sulfonamides is 1. The lowest BCUT2D eigenvalue weighted by atomic mass is 10.1. The number of anilines is 1. The summed E-state index contributed by atoms with van der Waals surface area (Å²) in [5.74, 6) is -0.801. The van der Waals surface area contributed by atoms with E-state index in [1.807, 2.05) is 32.9 Å². The number of hydrogen-bond donors (Lipinski definition) is 1. The summed E-state index contributed by atoms with van der Waals surface area (Å²) in [4.78, 5) is 28.9. The van der Waals surface area contributed by atoms with Gasteiger partial charge in [-0.3, -0.25) is 13.9 Å². The quantitative estimate of drug-likeness (QED) is 0.309. The summed E-state index contributed by atoms with van der Waals surface area (Å²) in [5, 5.41) is 3.43. The van der Waals surface area contributed by atoms with Crippen LogP contribution in [0.5, 0.6) is 0 Å². The maximum atomic E-state index is 14.1. The second kappa shape index (κ2) is 13.6. The molecule has 208 valence electrons. The molecule has 0 bridgehead atoms. The van der Waals surface area contributed by atoms with E-state index >= 15 is 0 Å². The second-order valence-electron chi connectivity index (χ2n) is 9.47. The van der Waals surface area contributed by atoms with Crippen molar-refractivity contribution >= 4 is 39.1 Å². The molecular weight excluding hydrogens is 534 g/mol. The Kier molecular flexibility index (Phi) is 10.5. The molecule has 0 saturated heterocycles. The zero-order valence-electron chi connectivity index (χ0n) is 22.8. The molecule has 0 radical (unpaired) electrons. The number of benzene rings is 3. The van der Waals surface area contributed by atoms with E-state index in [4.69, 9.17) is 11.6 Å². The summed E-state index contributed by atoms with van der Waals surface area (Å²) < 4.78 is 28.9. The van der Waals surface area contributed by atoms with Crippen LogP contribution in [-0.4, -0.2) is 43.8 Å². The van der Waals surface area contributed by atoms with Crippen molar-refractivity contribution in [3.63, 3.8) is 0 Å². The Morgan fingerprint density at radius 2 is 1.51 bits per heavy atom. The third-order valence-corrected chi connectivity index (χ3v) is 8.82. The molecule has 7 nitrogen and oxygen atoms in total. The molecule has 0 fully saturated rings. The Hall–Kier alpha value is -3.36. The highest BCUT2D eigenvalue weighted by molar-refractivity contribution is 7.92. The first kappa shape index (κ1) is 30.2. The maximum Gasteiger partial charge on any atom is 0.264 e. The minimum Gasteiger partial charge on any atom is -0.352 e. The summed E-state index contributed by atoms with van der Waals surface area (Å²) >= 11 is 6.44. The minimum absolute atomic E-state index is 0.0535. The Labute approximate surface area is 236 Å². The molecule has 0 spiro atoms. The molecular formula is C30H36ClN3O4S. The van der Waals surface area contributed by atoms with Crippen molar-refractivity contribution in [2.75, 3.05) is 10.8 Å². The van der Waals surface area contributed by atoms with E-state index in [-0.39, 0.29) is 23.4 Å². The summed E-state index contributed by atoms with van der Waals surface area (Å²) in [6.07, 6.45) is 1.07. The summed E-state index contributed by atoms with van der Waals surface area (Å²) in [6, 6.07) is 21.2. The fourth-order valence-electron chi connectivity index (χ4n) is 4.25. The Balaban J connectivity index is 2.07. The summed E-state index contributed by atoms with van der Waals surface area (Å²) in [7, 11) is -4.10. The van der Waals surface area contributed by atoms with Crippen molar-refractivity contribution in [2.45, 2.75) is 64.1 Å². The van der Waals surface area contributed by atoms with E-state index in [0.29, 0.717) is 28.3 Å². The molecule has 9 heteroatoms. The van der Waals surface area contributed by atoms with Crippen LogP contribution in [0.3, 0.4) is 0 Å². The zero-order valence-corrected chi connectivity index (χ0v) is 24.4. The van der Waals surface area contributed by atoms with Gasteiger partial charge in [-0.2, -0.15) is 0 Å². The first-order valence-corrected chi connectivity index (χ1v) is 14.9. The first-order chi connectivity index (χ1) is 18.6. The van der Waals surface area contributed by atoms with Gasteiger partial charge in [-0.05, 0) is 62.1 Å². The highest BCUT2D eigenvalue weighted by atomic mass is 35.5. The second-order valence-corrected chi connectivity index (χ2v) is 11.7. The lowest BCUT2D eigenvalue weighted by Gasteiger charge is -2.34. The third-order valence-electron chi connectivity index (χ3n) is 6.68. The van der Waals surface area contributed by atoms with Gasteiger partial charge in [0, 0.05) is 17.6 Å². The van der Waals surface area contributed by atoms with E-state index in [1.54, 1.807) is 61.5 Å². The molecule has 3 aromatic carbocycles. The van der Waals surface area contributed by atoms with Gasteiger partial charge >= 0.3 is 0 Å². The van der Waals surface area contributed by atoms with Crippen molar-refractivity contribution in [2.24, 2.45) is 0 Å². The molecule has 0 aromatic heterocycles. The fraction of sp³-hybridized carbons (Fsp3) is 0.333. The van der Waals surface area contributed by atoms with Crippen LogP contribution in [0.25, 0.3) is 0 Å². The predicted octanol–water partition coefficient (Wildman–Crippen LogP) is 5.57. The van der Waals surface area contributed by atoms with Gasteiger partial charge in [0.15, 0.2) is 0 Å². The van der Waals surface area contributed by atoms with Crippen LogP contribution < -0.4 is 9.62 Å². The normalized spacial score (nSPS) is 12.8. The van der Waals surface area contributed by atoms with Gasteiger partial charge in [0.2, 0.25) is 11.8 Å². The number of carbonyl (C=O) groups excluding carboxylic acids is 2. The lowest BCUT2D eigenvalue weighted by Crippen LogP contribution is -2.53. The van der Waals surface area contributed by atoms with Gasteiger partial charge in [0.1, 0.15) is 12.6 Å². The van der Waals surface area contributed by atoms with E-state index in [0.717, 1.165) is 10.7 Å². The van der Waals surface area contributed by atoms with Crippen LogP contribution in [0, 0.1) is 6.92 Å². The largest absolute Gasteiger partial charge is 0.352 e. The van der Waals surface area contributed by atoms with Gasteiger partial charge < -0.3 is 10.2 Å². The molecule has 2 amide bonds. The monoisotopic (exact) mass is 569 g/mol. The number of rotatable bonds is 12. The van der Waals surface area contributed by atoms with Crippen LogP contribution in [-0.2, 0) is 26.2 Å². The zero-order chi connectivity index (χ0) is 28.6. The SMILES string of the molecule is CC[C@@H](C)NC(=O)[C@H](CC)N(Cc1ccccc1Cl)C(=O)CN(c1ccccc1C)S(=O)(=O)c1ccccc1. The molecule has 0 aliphatic carbocycles. The van der Waals surface area contributed by atoms with Gasteiger partial charge in [0.05, 0.1) is 10.6 Å². The number of nitrogens with zero attached hydrogens (tertiary/aromatic N) is 2. The average Bonchev–Trinajstić information content (AvgIpc) is 2.93. The van der Waals surface area contributed by atoms with Crippen LogP contribution >= 0.6 is 11.6 Å². The molecule has 2 atom stereocenters. The molecule has 0 saturated carbocycles. The third kappa shape index (κ3) is 7.40. The van der Waals surface area contributed by atoms with Crippen LogP contribution in [0.1, 0.15) is 44.7 Å². The number of carbonyl (C=O) groups is 2. The number of hydrogen-bond acceptors (Lipinski definition) is 4. The molecule has 39 heavy (non-hydrogen) atoms. The lowest BCUT2D eigenvalue weighted by molar-refractivity contribution is -0.140. The molecule has 0 aliphatic rings.